The van der Waals surface area contributed by atoms with Crippen LogP contribution in [0, 0.1) is 6.92 Å². The fraction of sp³-hybridized carbons (Fsp3) is 0.450. The van der Waals surface area contributed by atoms with E-state index in [0.29, 0.717) is 54.8 Å². The van der Waals surface area contributed by atoms with E-state index in [4.69, 9.17) is 20.9 Å². The second-order valence-electron chi connectivity index (χ2n) is 6.84. The number of para-hydroxylation sites is 1. The molecule has 0 atom stereocenters. The summed E-state index contributed by atoms with van der Waals surface area (Å²) in [6.45, 7) is 3.36. The van der Waals surface area contributed by atoms with Crippen molar-refractivity contribution in [3.8, 4) is 5.75 Å². The first kappa shape index (κ1) is 20.2. The predicted molar refractivity (Wildman–Crippen MR) is 104 cm³/mol. The molecule has 1 aromatic heterocycles. The molecule has 1 aliphatic heterocycles. The van der Waals surface area contributed by atoms with Gasteiger partial charge in [0.05, 0.1) is 11.6 Å². The number of likely N-dealkylation sites (tertiary alicyclic amines) is 1. The molecule has 150 valence electrons. The number of aryl methyl sites for hydroxylation is 1. The lowest BCUT2D eigenvalue weighted by atomic mass is 10.0. The predicted octanol–water partition coefficient (Wildman–Crippen LogP) is 3.22. The number of nitrogens with zero attached hydrogens (tertiary/aromatic N) is 2. The lowest BCUT2D eigenvalue weighted by Crippen LogP contribution is -2.46. The largest absolute Gasteiger partial charge is 0.492 e. The van der Waals surface area contributed by atoms with Crippen LogP contribution in [-0.2, 0) is 4.79 Å². The Hall–Kier alpha value is -2.54. The number of amides is 2. The molecule has 0 radical (unpaired) electrons. The molecule has 28 heavy (non-hydrogen) atoms. The first-order valence-corrected chi connectivity index (χ1v) is 9.80. The molecule has 2 aromatic rings. The van der Waals surface area contributed by atoms with Crippen molar-refractivity contribution in [2.75, 3.05) is 19.7 Å². The highest BCUT2D eigenvalue weighted by Gasteiger charge is 2.26. The summed E-state index contributed by atoms with van der Waals surface area (Å²) < 4.78 is 10.6. The zero-order valence-corrected chi connectivity index (χ0v) is 16.6. The van der Waals surface area contributed by atoms with Gasteiger partial charge in [0.25, 0.3) is 5.91 Å². The summed E-state index contributed by atoms with van der Waals surface area (Å²) in [7, 11) is 0. The van der Waals surface area contributed by atoms with Crippen molar-refractivity contribution in [2.24, 2.45) is 0 Å². The van der Waals surface area contributed by atoms with Crippen molar-refractivity contribution < 1.29 is 18.8 Å². The Morgan fingerprint density at radius 2 is 2.07 bits per heavy atom. The quantitative estimate of drug-likeness (QED) is 0.715. The van der Waals surface area contributed by atoms with Crippen LogP contribution in [0.1, 0.15) is 41.9 Å². The van der Waals surface area contributed by atoms with E-state index < -0.39 is 0 Å². The second-order valence-corrected chi connectivity index (χ2v) is 7.25. The van der Waals surface area contributed by atoms with Gasteiger partial charge >= 0.3 is 0 Å². The van der Waals surface area contributed by atoms with Crippen LogP contribution in [0.25, 0.3) is 0 Å². The third-order valence-corrected chi connectivity index (χ3v) is 4.95. The van der Waals surface area contributed by atoms with Gasteiger partial charge in [-0.3, -0.25) is 9.59 Å². The van der Waals surface area contributed by atoms with Crippen molar-refractivity contribution in [3.05, 3.63) is 46.8 Å². The average Bonchev–Trinajstić information content (AvgIpc) is 3.13. The highest BCUT2D eigenvalue weighted by atomic mass is 35.5. The zero-order chi connectivity index (χ0) is 19.9. The Labute approximate surface area is 169 Å². The maximum atomic E-state index is 12.4. The lowest BCUT2D eigenvalue weighted by molar-refractivity contribution is -0.122. The van der Waals surface area contributed by atoms with E-state index in [-0.39, 0.29) is 17.9 Å². The molecule has 2 heterocycles. The third-order valence-electron chi connectivity index (χ3n) is 4.64. The third kappa shape index (κ3) is 5.48. The minimum Gasteiger partial charge on any atom is -0.492 e. The second kappa shape index (κ2) is 9.59. The number of nitrogens with one attached hydrogen (secondary N) is 1. The highest BCUT2D eigenvalue weighted by Crippen LogP contribution is 2.23. The van der Waals surface area contributed by atoms with E-state index in [1.54, 1.807) is 30.0 Å². The van der Waals surface area contributed by atoms with Crippen LogP contribution in [0.4, 0.5) is 0 Å². The fourth-order valence-electron chi connectivity index (χ4n) is 3.13. The summed E-state index contributed by atoms with van der Waals surface area (Å²) in [5.41, 5.74) is 0.332. The summed E-state index contributed by atoms with van der Waals surface area (Å²) in [5.74, 6) is 1.12. The maximum absolute atomic E-state index is 12.4. The highest BCUT2D eigenvalue weighted by molar-refractivity contribution is 6.32. The summed E-state index contributed by atoms with van der Waals surface area (Å²) in [6.07, 6.45) is 2.45. The van der Waals surface area contributed by atoms with E-state index in [1.807, 2.05) is 12.1 Å². The number of carbonyl (C=O) groups is 2. The number of piperidine rings is 1. The molecule has 1 N–H and O–H groups in total. The molecule has 1 fully saturated rings. The summed E-state index contributed by atoms with van der Waals surface area (Å²) in [6, 6.07) is 8.99. The number of ether oxygens (including phenoxy) is 1. The van der Waals surface area contributed by atoms with E-state index in [0.717, 1.165) is 12.8 Å². The van der Waals surface area contributed by atoms with Gasteiger partial charge in [0, 0.05) is 31.6 Å². The molecule has 8 heteroatoms. The Balaban J connectivity index is 1.33. The number of halogens is 1. The Bertz CT molecular complexity index is 815. The maximum Gasteiger partial charge on any atom is 0.276 e. The number of aromatic nitrogens is 1. The molecule has 0 saturated carbocycles. The summed E-state index contributed by atoms with van der Waals surface area (Å²) in [4.78, 5) is 26.2. The average molecular weight is 406 g/mol. The first-order valence-electron chi connectivity index (χ1n) is 9.42. The summed E-state index contributed by atoms with van der Waals surface area (Å²) in [5, 5.41) is 7.37. The van der Waals surface area contributed by atoms with Crippen LogP contribution in [-0.4, -0.2) is 47.6 Å². The first-order chi connectivity index (χ1) is 13.5. The minimum atomic E-state index is -0.127. The Morgan fingerprint density at radius 1 is 1.32 bits per heavy atom. The molecule has 7 nitrogen and oxygen atoms in total. The van der Waals surface area contributed by atoms with Gasteiger partial charge in [-0.25, -0.2) is 0 Å². The monoisotopic (exact) mass is 405 g/mol. The van der Waals surface area contributed by atoms with Crippen molar-refractivity contribution in [2.45, 2.75) is 38.6 Å². The SMILES string of the molecule is Cc1cc(C(=O)N2CCC(NC(=O)CCCOc3ccccc3Cl)CC2)no1. The molecule has 0 unspecified atom stereocenters. The van der Waals surface area contributed by atoms with E-state index in [9.17, 15) is 9.59 Å². The van der Waals surface area contributed by atoms with Crippen LogP contribution in [0.3, 0.4) is 0 Å². The molecule has 1 saturated heterocycles. The van der Waals surface area contributed by atoms with Crippen molar-refractivity contribution in [1.29, 1.82) is 0 Å². The number of hydrogen-bond donors (Lipinski definition) is 1. The van der Waals surface area contributed by atoms with Crippen molar-refractivity contribution in [1.82, 2.24) is 15.4 Å². The minimum absolute atomic E-state index is 0.000314. The molecular formula is C20H24ClN3O4. The van der Waals surface area contributed by atoms with Crippen LogP contribution in [0.5, 0.6) is 5.75 Å². The topological polar surface area (TPSA) is 84.7 Å². The van der Waals surface area contributed by atoms with Crippen LogP contribution < -0.4 is 10.1 Å². The van der Waals surface area contributed by atoms with Gasteiger partial charge < -0.3 is 19.5 Å². The van der Waals surface area contributed by atoms with Gasteiger partial charge in [-0.1, -0.05) is 28.9 Å². The van der Waals surface area contributed by atoms with Crippen molar-refractivity contribution >= 4 is 23.4 Å². The Morgan fingerprint density at radius 3 is 2.75 bits per heavy atom. The lowest BCUT2D eigenvalue weighted by Gasteiger charge is -2.31. The van der Waals surface area contributed by atoms with Gasteiger partial charge in [-0.05, 0) is 38.3 Å². The van der Waals surface area contributed by atoms with Gasteiger partial charge in [0.1, 0.15) is 11.5 Å². The van der Waals surface area contributed by atoms with E-state index >= 15 is 0 Å². The van der Waals surface area contributed by atoms with E-state index in [2.05, 4.69) is 10.5 Å². The van der Waals surface area contributed by atoms with Crippen LogP contribution >= 0.6 is 11.6 Å². The molecule has 0 spiro atoms. The van der Waals surface area contributed by atoms with Gasteiger partial charge in [0.15, 0.2) is 5.69 Å². The van der Waals surface area contributed by atoms with Gasteiger partial charge in [0.2, 0.25) is 5.91 Å². The molecule has 1 aromatic carbocycles. The molecule has 2 amide bonds. The molecular weight excluding hydrogens is 382 g/mol. The normalized spacial score (nSPS) is 14.7. The van der Waals surface area contributed by atoms with Crippen LogP contribution in [0.2, 0.25) is 5.02 Å². The molecule has 1 aliphatic rings. The number of hydrogen-bond acceptors (Lipinski definition) is 5. The van der Waals surface area contributed by atoms with Gasteiger partial charge in [-0.15, -0.1) is 0 Å². The van der Waals surface area contributed by atoms with Crippen LogP contribution in [0.15, 0.2) is 34.9 Å². The fourth-order valence-corrected chi connectivity index (χ4v) is 3.32. The summed E-state index contributed by atoms with van der Waals surface area (Å²) >= 11 is 6.03. The van der Waals surface area contributed by atoms with Gasteiger partial charge in [-0.2, -0.15) is 0 Å². The molecule has 0 bridgehead atoms. The molecule has 3 rings (SSSR count). The Kier molecular flexibility index (Phi) is 6.92. The van der Waals surface area contributed by atoms with E-state index in [1.165, 1.54) is 0 Å². The number of carbonyl (C=O) groups excluding carboxylic acids is 2. The number of rotatable bonds is 7. The smallest absolute Gasteiger partial charge is 0.276 e. The molecule has 0 aliphatic carbocycles. The van der Waals surface area contributed by atoms with Crippen molar-refractivity contribution in [3.63, 3.8) is 0 Å². The zero-order valence-electron chi connectivity index (χ0n) is 15.8. The standard InChI is InChI=1S/C20H24ClN3O4/c1-14-13-17(23-28-14)20(26)24-10-8-15(9-11-24)22-19(25)7-4-12-27-18-6-3-2-5-16(18)21/h2-3,5-6,13,15H,4,7-12H2,1H3,(H,22,25). The number of benzene rings is 1.